The molecule has 1 N–H and O–H groups in total. The number of ether oxygens (including phenoxy) is 1. The number of rotatable bonds is 6. The number of amides is 3. The van der Waals surface area contributed by atoms with Crippen molar-refractivity contribution in [2.24, 2.45) is 5.92 Å². The van der Waals surface area contributed by atoms with Crippen molar-refractivity contribution < 1.29 is 23.5 Å². The summed E-state index contributed by atoms with van der Waals surface area (Å²) in [7, 11) is 0. The fraction of sp³-hybridized carbons (Fsp3) is 0.375. The largest absolute Gasteiger partial charge is 0.378 e. The summed E-state index contributed by atoms with van der Waals surface area (Å²) in [5, 5.41) is 2.86. The van der Waals surface area contributed by atoms with Gasteiger partial charge in [0.1, 0.15) is 5.82 Å². The maximum absolute atomic E-state index is 13.1. The number of nitrogens with zero attached hydrogens (tertiary/aromatic N) is 2. The van der Waals surface area contributed by atoms with E-state index in [1.54, 1.807) is 46.2 Å². The molecule has 0 bridgehead atoms. The number of nitrogens with one attached hydrogen (secondary N) is 1. The van der Waals surface area contributed by atoms with Crippen LogP contribution in [-0.2, 0) is 20.7 Å². The molecule has 7 nitrogen and oxygen atoms in total. The fourth-order valence-corrected chi connectivity index (χ4v) is 4.03. The van der Waals surface area contributed by atoms with Crippen molar-refractivity contribution in [1.29, 1.82) is 0 Å². The molecule has 1 atom stereocenters. The molecule has 0 radical (unpaired) electrons. The lowest BCUT2D eigenvalue weighted by molar-refractivity contribution is -0.128. The van der Waals surface area contributed by atoms with Crippen molar-refractivity contribution >= 4 is 23.4 Å². The van der Waals surface area contributed by atoms with Gasteiger partial charge in [-0.25, -0.2) is 4.39 Å². The first-order chi connectivity index (χ1) is 15.5. The fourth-order valence-electron chi connectivity index (χ4n) is 4.03. The molecule has 0 saturated carbocycles. The van der Waals surface area contributed by atoms with Crippen LogP contribution in [-0.4, -0.2) is 66.9 Å². The molecule has 2 heterocycles. The van der Waals surface area contributed by atoms with Crippen LogP contribution in [0.15, 0.2) is 48.5 Å². The number of morpholine rings is 1. The van der Waals surface area contributed by atoms with Crippen LogP contribution < -0.4 is 5.32 Å². The molecule has 3 amide bonds. The summed E-state index contributed by atoms with van der Waals surface area (Å²) in [4.78, 5) is 41.6. The number of hydrogen-bond acceptors (Lipinski definition) is 4. The molecule has 168 valence electrons. The number of carbonyl (C=O) groups excluding carboxylic acids is 3. The minimum atomic E-state index is -0.484. The van der Waals surface area contributed by atoms with Gasteiger partial charge in [-0.15, -0.1) is 0 Å². The third-order valence-corrected chi connectivity index (χ3v) is 5.88. The lowest BCUT2D eigenvalue weighted by Gasteiger charge is -2.27. The molecule has 2 aromatic rings. The van der Waals surface area contributed by atoms with E-state index in [9.17, 15) is 18.8 Å². The van der Waals surface area contributed by atoms with E-state index >= 15 is 0 Å². The van der Waals surface area contributed by atoms with E-state index in [-0.39, 0.29) is 30.0 Å². The minimum Gasteiger partial charge on any atom is -0.378 e. The summed E-state index contributed by atoms with van der Waals surface area (Å²) in [6, 6.07) is 13.1. The normalized spacial score (nSPS) is 18.7. The van der Waals surface area contributed by atoms with Crippen molar-refractivity contribution in [1.82, 2.24) is 9.80 Å². The zero-order valence-corrected chi connectivity index (χ0v) is 17.8. The highest BCUT2D eigenvalue weighted by Crippen LogP contribution is 2.23. The van der Waals surface area contributed by atoms with Gasteiger partial charge in [-0.05, 0) is 36.2 Å². The van der Waals surface area contributed by atoms with Gasteiger partial charge in [0.25, 0.3) is 5.91 Å². The van der Waals surface area contributed by atoms with Crippen LogP contribution >= 0.6 is 0 Å². The Labute approximate surface area is 186 Å². The van der Waals surface area contributed by atoms with Gasteiger partial charge in [-0.2, -0.15) is 0 Å². The standard InChI is InChI=1S/C24H26FN3O4/c25-19-7-5-17(6-8-19)9-10-28-16-18(15-22(28)29)23(30)26-21-4-2-1-3-20(21)24(31)27-11-13-32-14-12-27/h1-8,18H,9-16H2,(H,26,30)/t18-/m0/s1. The van der Waals surface area contributed by atoms with Crippen LogP contribution in [0.5, 0.6) is 0 Å². The summed E-state index contributed by atoms with van der Waals surface area (Å²) in [6.07, 6.45) is 0.728. The summed E-state index contributed by atoms with van der Waals surface area (Å²) in [6.45, 7) is 2.82. The Morgan fingerprint density at radius 2 is 1.78 bits per heavy atom. The molecule has 0 spiro atoms. The number of halogens is 1. The predicted molar refractivity (Wildman–Crippen MR) is 117 cm³/mol. The molecular formula is C24H26FN3O4. The van der Waals surface area contributed by atoms with Gasteiger partial charge in [-0.3, -0.25) is 14.4 Å². The van der Waals surface area contributed by atoms with E-state index in [1.165, 1.54) is 12.1 Å². The van der Waals surface area contributed by atoms with Gasteiger partial charge in [0.15, 0.2) is 0 Å². The lowest BCUT2D eigenvalue weighted by Crippen LogP contribution is -2.41. The van der Waals surface area contributed by atoms with Crippen LogP contribution in [0.25, 0.3) is 0 Å². The minimum absolute atomic E-state index is 0.0788. The number of para-hydroxylation sites is 1. The zero-order valence-electron chi connectivity index (χ0n) is 17.8. The van der Waals surface area contributed by atoms with Gasteiger partial charge < -0.3 is 19.9 Å². The molecule has 0 unspecified atom stereocenters. The lowest BCUT2D eigenvalue weighted by atomic mass is 10.1. The van der Waals surface area contributed by atoms with Gasteiger partial charge in [0.05, 0.1) is 30.4 Å². The summed E-state index contributed by atoms with van der Waals surface area (Å²) in [5.74, 6) is -1.28. The first-order valence-electron chi connectivity index (χ1n) is 10.8. The summed E-state index contributed by atoms with van der Waals surface area (Å²) in [5.41, 5.74) is 1.81. The van der Waals surface area contributed by atoms with E-state index in [0.717, 1.165) is 5.56 Å². The Hall–Kier alpha value is -3.26. The van der Waals surface area contributed by atoms with E-state index in [4.69, 9.17) is 4.74 Å². The topological polar surface area (TPSA) is 79.0 Å². The van der Waals surface area contributed by atoms with Crippen LogP contribution in [0.3, 0.4) is 0 Å². The SMILES string of the molecule is O=C(Nc1ccccc1C(=O)N1CCOCC1)[C@H]1CC(=O)N(CCc2ccc(F)cc2)C1. The van der Waals surface area contributed by atoms with Crippen LogP contribution in [0, 0.1) is 11.7 Å². The maximum Gasteiger partial charge on any atom is 0.256 e. The molecule has 2 aromatic carbocycles. The van der Waals surface area contributed by atoms with E-state index in [0.29, 0.717) is 57.1 Å². The molecule has 2 fully saturated rings. The van der Waals surface area contributed by atoms with Crippen molar-refractivity contribution in [2.45, 2.75) is 12.8 Å². The Bertz CT molecular complexity index is 989. The third kappa shape index (κ3) is 5.13. The first kappa shape index (κ1) is 22.0. The molecule has 0 aliphatic carbocycles. The van der Waals surface area contributed by atoms with Gasteiger partial charge in [0, 0.05) is 32.6 Å². The molecule has 32 heavy (non-hydrogen) atoms. The molecular weight excluding hydrogens is 413 g/mol. The molecule has 2 aliphatic heterocycles. The average molecular weight is 439 g/mol. The van der Waals surface area contributed by atoms with Crippen molar-refractivity contribution in [3.63, 3.8) is 0 Å². The Kier molecular flexibility index (Phi) is 6.80. The van der Waals surface area contributed by atoms with Crippen LogP contribution in [0.1, 0.15) is 22.3 Å². The van der Waals surface area contributed by atoms with Gasteiger partial charge >= 0.3 is 0 Å². The first-order valence-corrected chi connectivity index (χ1v) is 10.8. The highest BCUT2D eigenvalue weighted by Gasteiger charge is 2.34. The molecule has 8 heteroatoms. The quantitative estimate of drug-likeness (QED) is 0.749. The second-order valence-electron chi connectivity index (χ2n) is 8.06. The highest BCUT2D eigenvalue weighted by molar-refractivity contribution is 6.05. The number of anilines is 1. The monoisotopic (exact) mass is 439 g/mol. The predicted octanol–water partition coefficient (Wildman–Crippen LogP) is 2.33. The molecule has 2 saturated heterocycles. The van der Waals surface area contributed by atoms with E-state index in [1.807, 2.05) is 0 Å². The van der Waals surface area contributed by atoms with Crippen LogP contribution in [0.4, 0.5) is 10.1 Å². The molecule has 2 aliphatic rings. The zero-order chi connectivity index (χ0) is 22.5. The van der Waals surface area contributed by atoms with Crippen LogP contribution in [0.2, 0.25) is 0 Å². The number of hydrogen-bond donors (Lipinski definition) is 1. The van der Waals surface area contributed by atoms with E-state index in [2.05, 4.69) is 5.32 Å². The second-order valence-corrected chi connectivity index (χ2v) is 8.06. The number of carbonyl (C=O) groups is 3. The Balaban J connectivity index is 1.36. The number of benzene rings is 2. The molecule has 4 rings (SSSR count). The molecule has 0 aromatic heterocycles. The summed E-state index contributed by atoms with van der Waals surface area (Å²) >= 11 is 0. The summed E-state index contributed by atoms with van der Waals surface area (Å²) < 4.78 is 18.4. The average Bonchev–Trinajstić information content (AvgIpc) is 3.20. The number of likely N-dealkylation sites (tertiary alicyclic amines) is 1. The highest BCUT2D eigenvalue weighted by atomic mass is 19.1. The third-order valence-electron chi connectivity index (χ3n) is 5.88. The van der Waals surface area contributed by atoms with Gasteiger partial charge in [-0.1, -0.05) is 24.3 Å². The van der Waals surface area contributed by atoms with Crippen molar-refractivity contribution in [3.05, 3.63) is 65.5 Å². The van der Waals surface area contributed by atoms with Crippen molar-refractivity contribution in [3.8, 4) is 0 Å². The maximum atomic E-state index is 13.1. The second kappa shape index (κ2) is 9.91. The smallest absolute Gasteiger partial charge is 0.256 e. The Morgan fingerprint density at radius 1 is 1.06 bits per heavy atom. The van der Waals surface area contributed by atoms with E-state index < -0.39 is 5.92 Å². The Morgan fingerprint density at radius 3 is 2.53 bits per heavy atom. The van der Waals surface area contributed by atoms with Crippen molar-refractivity contribution in [2.75, 3.05) is 44.7 Å². The van der Waals surface area contributed by atoms with Gasteiger partial charge in [0.2, 0.25) is 11.8 Å².